The highest BCUT2D eigenvalue weighted by Crippen LogP contribution is 2.27. The fraction of sp³-hybridized carbons (Fsp3) is 0.579. The highest BCUT2D eigenvalue weighted by Gasteiger charge is 2.36. The molecule has 5 heteroatoms. The Morgan fingerprint density at radius 3 is 2.42 bits per heavy atom. The lowest BCUT2D eigenvalue weighted by Gasteiger charge is -2.30. The van der Waals surface area contributed by atoms with E-state index in [1.54, 1.807) is 24.3 Å². The van der Waals surface area contributed by atoms with Crippen molar-refractivity contribution in [2.24, 2.45) is 5.41 Å². The number of carbonyl (C=O) groups is 2. The van der Waals surface area contributed by atoms with Gasteiger partial charge in [0, 0.05) is 13.2 Å². The highest BCUT2D eigenvalue weighted by molar-refractivity contribution is 6.21. The second-order valence-corrected chi connectivity index (χ2v) is 7.33. The van der Waals surface area contributed by atoms with Gasteiger partial charge in [-0.2, -0.15) is 0 Å². The summed E-state index contributed by atoms with van der Waals surface area (Å²) in [5.74, 6) is -0.383. The molecule has 1 aromatic carbocycles. The smallest absolute Gasteiger partial charge is 0.261 e. The number of imide groups is 1. The zero-order valence-corrected chi connectivity index (χ0v) is 14.4. The second kappa shape index (κ2) is 7.03. The van der Waals surface area contributed by atoms with Crippen molar-refractivity contribution in [3.05, 3.63) is 35.4 Å². The van der Waals surface area contributed by atoms with Crippen LogP contribution in [0.1, 0.15) is 60.2 Å². The molecule has 1 unspecified atom stereocenters. The Morgan fingerprint density at radius 2 is 1.83 bits per heavy atom. The molecule has 1 saturated heterocycles. The molecule has 2 aliphatic heterocycles. The first-order valence-electron chi connectivity index (χ1n) is 8.66. The summed E-state index contributed by atoms with van der Waals surface area (Å²) in [6.07, 6.45) is 3.76. The summed E-state index contributed by atoms with van der Waals surface area (Å²) < 4.78 is 11.5. The van der Waals surface area contributed by atoms with E-state index in [4.69, 9.17) is 9.47 Å². The monoisotopic (exact) mass is 331 g/mol. The van der Waals surface area contributed by atoms with Crippen molar-refractivity contribution in [3.8, 4) is 0 Å². The van der Waals surface area contributed by atoms with Gasteiger partial charge >= 0.3 is 0 Å². The zero-order valence-electron chi connectivity index (χ0n) is 14.4. The molecule has 3 rings (SSSR count). The molecule has 24 heavy (non-hydrogen) atoms. The average Bonchev–Trinajstić information content (AvgIpc) is 2.84. The van der Waals surface area contributed by atoms with Crippen LogP contribution in [0.25, 0.3) is 0 Å². The maximum atomic E-state index is 12.4. The third-order valence-corrected chi connectivity index (χ3v) is 4.69. The Bertz CT molecular complexity index is 585. The second-order valence-electron chi connectivity index (χ2n) is 7.33. The summed E-state index contributed by atoms with van der Waals surface area (Å²) >= 11 is 0. The first kappa shape index (κ1) is 17.1. The minimum Gasteiger partial charge on any atom is -0.353 e. The summed E-state index contributed by atoms with van der Waals surface area (Å²) in [5, 5.41) is 0. The van der Waals surface area contributed by atoms with Gasteiger partial charge in [0.2, 0.25) is 0 Å². The molecule has 0 spiro atoms. The van der Waals surface area contributed by atoms with Gasteiger partial charge < -0.3 is 9.47 Å². The van der Waals surface area contributed by atoms with Crippen molar-refractivity contribution in [3.63, 3.8) is 0 Å². The molecule has 1 aromatic rings. The lowest BCUT2D eigenvalue weighted by atomic mass is 9.90. The number of hydrogen-bond donors (Lipinski definition) is 0. The first-order valence-corrected chi connectivity index (χ1v) is 8.66. The summed E-state index contributed by atoms with van der Waals surface area (Å²) in [4.78, 5) is 26.1. The molecular weight excluding hydrogens is 306 g/mol. The van der Waals surface area contributed by atoms with Crippen molar-refractivity contribution < 1.29 is 19.1 Å². The largest absolute Gasteiger partial charge is 0.353 e. The Labute approximate surface area is 142 Å². The van der Waals surface area contributed by atoms with Crippen LogP contribution in [0.5, 0.6) is 0 Å². The van der Waals surface area contributed by atoms with E-state index < -0.39 is 0 Å². The van der Waals surface area contributed by atoms with Gasteiger partial charge in [0.05, 0.1) is 17.7 Å². The lowest BCUT2D eigenvalue weighted by molar-refractivity contribution is -0.176. The molecule has 5 nitrogen and oxygen atoms in total. The predicted octanol–water partition coefficient (Wildman–Crippen LogP) is 3.24. The third kappa shape index (κ3) is 3.68. The van der Waals surface area contributed by atoms with Crippen LogP contribution in [0.2, 0.25) is 0 Å². The molecule has 2 heterocycles. The average molecular weight is 331 g/mol. The maximum absolute atomic E-state index is 12.4. The van der Waals surface area contributed by atoms with Crippen LogP contribution in [0, 0.1) is 5.41 Å². The minimum absolute atomic E-state index is 0.114. The van der Waals surface area contributed by atoms with Crippen LogP contribution in [0.4, 0.5) is 0 Å². The molecule has 0 aliphatic carbocycles. The quantitative estimate of drug-likeness (QED) is 0.751. The number of amides is 2. The van der Waals surface area contributed by atoms with E-state index in [2.05, 4.69) is 13.8 Å². The van der Waals surface area contributed by atoms with E-state index in [0.717, 1.165) is 25.9 Å². The fourth-order valence-electron chi connectivity index (χ4n) is 3.09. The molecule has 0 N–H and O–H groups in total. The van der Waals surface area contributed by atoms with E-state index >= 15 is 0 Å². The Hall–Kier alpha value is -1.72. The summed E-state index contributed by atoms with van der Waals surface area (Å²) in [6.45, 7) is 5.91. The zero-order chi connectivity index (χ0) is 17.2. The van der Waals surface area contributed by atoms with Gasteiger partial charge in [0.25, 0.3) is 11.8 Å². The van der Waals surface area contributed by atoms with Gasteiger partial charge in [-0.05, 0) is 43.2 Å². The molecule has 130 valence electrons. The number of carbonyl (C=O) groups excluding carboxylic acids is 2. The molecule has 0 bridgehead atoms. The number of nitrogens with zero attached hydrogens (tertiary/aromatic N) is 1. The minimum atomic E-state index is -0.192. The maximum Gasteiger partial charge on any atom is 0.261 e. The number of rotatable bonds is 6. The number of hydrogen-bond acceptors (Lipinski definition) is 4. The van der Waals surface area contributed by atoms with E-state index in [0.29, 0.717) is 30.7 Å². The van der Waals surface area contributed by atoms with E-state index in [1.807, 2.05) is 0 Å². The summed E-state index contributed by atoms with van der Waals surface area (Å²) in [7, 11) is 0. The van der Waals surface area contributed by atoms with E-state index in [1.165, 1.54) is 4.90 Å². The number of benzene rings is 1. The highest BCUT2D eigenvalue weighted by atomic mass is 16.7. The SMILES string of the molecule is CC(C)(CCN1C(=O)c2ccccc2C1=O)COC1CCCCO1. The third-order valence-electron chi connectivity index (χ3n) is 4.69. The molecule has 2 amide bonds. The van der Waals surface area contributed by atoms with Gasteiger partial charge in [-0.1, -0.05) is 26.0 Å². The summed E-state index contributed by atoms with van der Waals surface area (Å²) in [5.41, 5.74) is 0.884. The molecule has 2 aliphatic rings. The van der Waals surface area contributed by atoms with Gasteiger partial charge in [-0.3, -0.25) is 14.5 Å². The van der Waals surface area contributed by atoms with Gasteiger partial charge in [-0.15, -0.1) is 0 Å². The molecule has 1 atom stereocenters. The molecule has 0 radical (unpaired) electrons. The van der Waals surface area contributed by atoms with E-state index in [9.17, 15) is 9.59 Å². The number of fused-ring (bicyclic) bond motifs is 1. The van der Waals surface area contributed by atoms with Crippen LogP contribution in [-0.4, -0.2) is 42.8 Å². The summed E-state index contributed by atoms with van der Waals surface area (Å²) in [6, 6.07) is 7.00. The Balaban J connectivity index is 1.53. The van der Waals surface area contributed by atoms with E-state index in [-0.39, 0.29) is 23.5 Å². The molecule has 0 aromatic heterocycles. The van der Waals surface area contributed by atoms with Gasteiger partial charge in [0.15, 0.2) is 6.29 Å². The van der Waals surface area contributed by atoms with Crippen LogP contribution in [0.3, 0.4) is 0 Å². The number of ether oxygens (including phenoxy) is 2. The topological polar surface area (TPSA) is 55.8 Å². The Morgan fingerprint density at radius 1 is 1.17 bits per heavy atom. The molecule has 1 fully saturated rings. The predicted molar refractivity (Wildman–Crippen MR) is 89.8 cm³/mol. The van der Waals surface area contributed by atoms with Crippen molar-refractivity contribution in [1.82, 2.24) is 4.90 Å². The van der Waals surface area contributed by atoms with Crippen molar-refractivity contribution in [2.75, 3.05) is 19.8 Å². The molecular formula is C19H25NO4. The first-order chi connectivity index (χ1) is 11.5. The normalized spacial score (nSPS) is 21.2. The fourth-order valence-corrected chi connectivity index (χ4v) is 3.09. The van der Waals surface area contributed by atoms with Crippen LogP contribution >= 0.6 is 0 Å². The van der Waals surface area contributed by atoms with Crippen molar-refractivity contribution >= 4 is 11.8 Å². The lowest BCUT2D eigenvalue weighted by Crippen LogP contribution is -2.35. The van der Waals surface area contributed by atoms with Crippen molar-refractivity contribution in [1.29, 1.82) is 0 Å². The van der Waals surface area contributed by atoms with Gasteiger partial charge in [-0.25, -0.2) is 0 Å². The van der Waals surface area contributed by atoms with Crippen LogP contribution < -0.4 is 0 Å². The van der Waals surface area contributed by atoms with Crippen LogP contribution in [-0.2, 0) is 9.47 Å². The standard InChI is InChI=1S/C19H25NO4/c1-19(2,13-24-16-9-5-6-12-23-16)10-11-20-17(21)14-7-3-4-8-15(14)18(20)22/h3-4,7-8,16H,5-6,9-13H2,1-2H3. The van der Waals surface area contributed by atoms with Gasteiger partial charge in [0.1, 0.15) is 0 Å². The van der Waals surface area contributed by atoms with Crippen LogP contribution in [0.15, 0.2) is 24.3 Å². The molecule has 0 saturated carbocycles. The van der Waals surface area contributed by atoms with Crippen molar-refractivity contribution in [2.45, 2.75) is 45.8 Å². The Kier molecular flexibility index (Phi) is 5.01.